The molecule has 1 aromatic carbocycles. The maximum atomic E-state index is 12.1. The first-order chi connectivity index (χ1) is 13.0. The smallest absolute Gasteiger partial charge is 0.279 e. The number of nitrogens with one attached hydrogen (secondary N) is 1. The normalized spacial score (nSPS) is 12.2. The number of benzene rings is 1. The van der Waals surface area contributed by atoms with Gasteiger partial charge in [0.25, 0.3) is 5.89 Å². The number of H-pyrrole nitrogens is 1. The van der Waals surface area contributed by atoms with Gasteiger partial charge in [0, 0.05) is 35.1 Å². The average molecular weight is 379 g/mol. The van der Waals surface area contributed by atoms with Crippen molar-refractivity contribution in [2.45, 2.75) is 5.16 Å². The van der Waals surface area contributed by atoms with E-state index in [9.17, 15) is 8.42 Å². The second-order valence-corrected chi connectivity index (χ2v) is 8.05. The molecule has 0 saturated carbocycles. The molecule has 5 rings (SSSR count). The highest BCUT2D eigenvalue weighted by atomic mass is 32.2. The van der Waals surface area contributed by atoms with E-state index in [1.807, 2.05) is 30.5 Å². The highest BCUT2D eigenvalue weighted by Crippen LogP contribution is 2.30. The van der Waals surface area contributed by atoms with Crippen LogP contribution in [0.25, 0.3) is 39.4 Å². The standard InChI is InChI=1S/C18H13N5O3S/c1-27(24,25)18-20-15(14-7-2-3-10-23(14)18)17-21-16(22-26-17)12-5-4-6-13-11(12)8-9-19-13/h2-10,19H,1H3. The Hall–Kier alpha value is -3.46. The highest BCUT2D eigenvalue weighted by Gasteiger charge is 2.23. The van der Waals surface area contributed by atoms with Crippen molar-refractivity contribution in [2.24, 2.45) is 0 Å². The summed E-state index contributed by atoms with van der Waals surface area (Å²) in [7, 11) is -3.53. The number of hydrogen-bond acceptors (Lipinski definition) is 6. The van der Waals surface area contributed by atoms with Crippen molar-refractivity contribution < 1.29 is 12.9 Å². The Labute approximate surface area is 153 Å². The lowest BCUT2D eigenvalue weighted by Crippen LogP contribution is -2.03. The minimum absolute atomic E-state index is 0.0689. The summed E-state index contributed by atoms with van der Waals surface area (Å²) < 4.78 is 31.1. The summed E-state index contributed by atoms with van der Waals surface area (Å²) in [5.74, 6) is 0.573. The summed E-state index contributed by atoms with van der Waals surface area (Å²) in [6.07, 6.45) is 4.60. The second-order valence-electron chi connectivity index (χ2n) is 6.14. The van der Waals surface area contributed by atoms with Gasteiger partial charge in [-0.1, -0.05) is 23.4 Å². The average Bonchev–Trinajstić information content (AvgIpc) is 3.37. The summed E-state index contributed by atoms with van der Waals surface area (Å²) in [6.45, 7) is 0. The van der Waals surface area contributed by atoms with Crippen LogP contribution in [0, 0.1) is 0 Å². The topological polar surface area (TPSA) is 106 Å². The highest BCUT2D eigenvalue weighted by molar-refractivity contribution is 7.90. The molecule has 8 nitrogen and oxygen atoms in total. The Morgan fingerprint density at radius 2 is 1.96 bits per heavy atom. The molecule has 0 aliphatic rings. The van der Waals surface area contributed by atoms with Crippen LogP contribution in [0.2, 0.25) is 0 Å². The zero-order chi connectivity index (χ0) is 18.6. The number of nitrogens with zero attached hydrogens (tertiary/aromatic N) is 4. The van der Waals surface area contributed by atoms with Crippen LogP contribution in [0.4, 0.5) is 0 Å². The van der Waals surface area contributed by atoms with E-state index in [4.69, 9.17) is 4.52 Å². The fraction of sp³-hybridized carbons (Fsp3) is 0.0556. The zero-order valence-electron chi connectivity index (χ0n) is 14.1. The number of imidazole rings is 1. The van der Waals surface area contributed by atoms with E-state index in [0.717, 1.165) is 22.7 Å². The molecule has 134 valence electrons. The van der Waals surface area contributed by atoms with E-state index in [1.54, 1.807) is 24.4 Å². The molecule has 0 fully saturated rings. The van der Waals surface area contributed by atoms with Crippen LogP contribution >= 0.6 is 0 Å². The largest absolute Gasteiger partial charge is 0.361 e. The fourth-order valence-corrected chi connectivity index (χ4v) is 3.91. The molecule has 0 unspecified atom stereocenters. The third-order valence-electron chi connectivity index (χ3n) is 4.31. The van der Waals surface area contributed by atoms with E-state index in [1.165, 1.54) is 4.40 Å². The van der Waals surface area contributed by atoms with E-state index in [0.29, 0.717) is 17.0 Å². The maximum Gasteiger partial charge on any atom is 0.279 e. The van der Waals surface area contributed by atoms with Gasteiger partial charge in [-0.15, -0.1) is 0 Å². The maximum absolute atomic E-state index is 12.1. The van der Waals surface area contributed by atoms with Crippen LogP contribution in [0.3, 0.4) is 0 Å². The van der Waals surface area contributed by atoms with Gasteiger partial charge in [0.2, 0.25) is 20.8 Å². The third-order valence-corrected chi connectivity index (χ3v) is 5.26. The summed E-state index contributed by atoms with van der Waals surface area (Å²) in [4.78, 5) is 11.9. The fourth-order valence-electron chi connectivity index (χ4n) is 3.14. The van der Waals surface area contributed by atoms with Crippen LogP contribution in [0.5, 0.6) is 0 Å². The third kappa shape index (κ3) is 2.43. The lowest BCUT2D eigenvalue weighted by atomic mass is 10.1. The summed E-state index contributed by atoms with van der Waals surface area (Å²) in [5, 5.41) is 4.97. The van der Waals surface area contributed by atoms with Crippen molar-refractivity contribution in [2.75, 3.05) is 6.26 Å². The number of pyridine rings is 1. The van der Waals surface area contributed by atoms with Crippen molar-refractivity contribution in [1.82, 2.24) is 24.5 Å². The van der Waals surface area contributed by atoms with Gasteiger partial charge >= 0.3 is 0 Å². The lowest BCUT2D eigenvalue weighted by molar-refractivity contribution is 0.431. The van der Waals surface area contributed by atoms with Gasteiger partial charge in [0.15, 0.2) is 5.69 Å². The molecule has 0 atom stereocenters. The predicted octanol–water partition coefficient (Wildman–Crippen LogP) is 2.94. The van der Waals surface area contributed by atoms with Gasteiger partial charge in [-0.3, -0.25) is 4.40 Å². The number of rotatable bonds is 3. The summed E-state index contributed by atoms with van der Waals surface area (Å²) >= 11 is 0. The first-order valence-corrected chi connectivity index (χ1v) is 9.99. The van der Waals surface area contributed by atoms with Gasteiger partial charge in [0.1, 0.15) is 0 Å². The van der Waals surface area contributed by atoms with Crippen LogP contribution < -0.4 is 0 Å². The molecule has 4 aromatic heterocycles. The molecular formula is C18H13N5O3S. The van der Waals surface area contributed by atoms with Crippen LogP contribution in [0.15, 0.2) is 64.5 Å². The van der Waals surface area contributed by atoms with E-state index < -0.39 is 9.84 Å². The van der Waals surface area contributed by atoms with Gasteiger partial charge < -0.3 is 9.51 Å². The Morgan fingerprint density at radius 3 is 2.81 bits per heavy atom. The molecule has 1 N–H and O–H groups in total. The number of sulfone groups is 1. The van der Waals surface area contributed by atoms with E-state index >= 15 is 0 Å². The first-order valence-electron chi connectivity index (χ1n) is 8.10. The molecule has 5 aromatic rings. The number of fused-ring (bicyclic) bond motifs is 2. The predicted molar refractivity (Wildman–Crippen MR) is 98.9 cm³/mol. The Kier molecular flexibility index (Phi) is 3.22. The van der Waals surface area contributed by atoms with E-state index in [-0.39, 0.29) is 11.0 Å². The minimum Gasteiger partial charge on any atom is -0.361 e. The number of hydrogen-bond donors (Lipinski definition) is 1. The van der Waals surface area contributed by atoms with Gasteiger partial charge in [-0.05, 0) is 24.3 Å². The molecule has 27 heavy (non-hydrogen) atoms. The molecule has 0 saturated heterocycles. The summed E-state index contributed by atoms with van der Waals surface area (Å²) in [5.41, 5.74) is 2.69. The first kappa shape index (κ1) is 15.8. The number of aromatic amines is 1. The monoisotopic (exact) mass is 379 g/mol. The molecule has 0 radical (unpaired) electrons. The molecule has 0 aliphatic heterocycles. The molecular weight excluding hydrogens is 366 g/mol. The quantitative estimate of drug-likeness (QED) is 0.517. The van der Waals surface area contributed by atoms with E-state index in [2.05, 4.69) is 20.1 Å². The Balaban J connectivity index is 1.71. The SMILES string of the molecule is CS(=O)(=O)c1nc(-c2nc(-c3cccc4[nH]ccc34)no2)c2ccccn12. The van der Waals surface area contributed by atoms with Crippen molar-refractivity contribution in [3.8, 4) is 23.0 Å². The van der Waals surface area contributed by atoms with Crippen molar-refractivity contribution in [3.05, 3.63) is 54.9 Å². The molecule has 9 heteroatoms. The molecule has 0 amide bonds. The van der Waals surface area contributed by atoms with Gasteiger partial charge in [-0.2, -0.15) is 4.98 Å². The molecule has 4 heterocycles. The molecule has 0 aliphatic carbocycles. The molecule has 0 bridgehead atoms. The Morgan fingerprint density at radius 1 is 1.07 bits per heavy atom. The van der Waals surface area contributed by atoms with Crippen molar-refractivity contribution >= 4 is 26.3 Å². The van der Waals surface area contributed by atoms with Gasteiger partial charge in [0.05, 0.1) is 5.52 Å². The van der Waals surface area contributed by atoms with Crippen LogP contribution in [0.1, 0.15) is 0 Å². The molecule has 0 spiro atoms. The van der Waals surface area contributed by atoms with Crippen LogP contribution in [-0.4, -0.2) is 39.2 Å². The number of aromatic nitrogens is 5. The van der Waals surface area contributed by atoms with Crippen molar-refractivity contribution in [1.29, 1.82) is 0 Å². The minimum atomic E-state index is -3.53. The zero-order valence-corrected chi connectivity index (χ0v) is 14.9. The van der Waals surface area contributed by atoms with Crippen LogP contribution in [-0.2, 0) is 9.84 Å². The Bertz CT molecular complexity index is 1410. The van der Waals surface area contributed by atoms with Crippen molar-refractivity contribution in [3.63, 3.8) is 0 Å². The second kappa shape index (κ2) is 5.52. The van der Waals surface area contributed by atoms with Gasteiger partial charge in [-0.25, -0.2) is 13.4 Å². The lowest BCUT2D eigenvalue weighted by Gasteiger charge is -1.97. The summed E-state index contributed by atoms with van der Waals surface area (Å²) in [6, 6.07) is 13.0.